The number of phenols is 1. The number of phenolic OH excluding ortho intramolecular Hbond substituents is 1. The molecule has 1 saturated carbocycles. The molecule has 0 saturated heterocycles. The maximum Gasteiger partial charge on any atom is 0.202 e. The van der Waals surface area contributed by atoms with Crippen molar-refractivity contribution in [1.29, 1.82) is 5.26 Å². The fourth-order valence-electron chi connectivity index (χ4n) is 4.89. The molecule has 8 nitrogen and oxygen atoms in total. The molecule has 1 fully saturated rings. The lowest BCUT2D eigenvalue weighted by molar-refractivity contribution is -0.147. The number of anilines is 1. The number of fused-ring (bicyclic) bond motifs is 3. The molecule has 29 heavy (non-hydrogen) atoms. The van der Waals surface area contributed by atoms with Gasteiger partial charge in [-0.05, 0) is 36.5 Å². The highest BCUT2D eigenvalue weighted by molar-refractivity contribution is 6.13. The number of allylic oxidation sites excluding steroid dienone is 1. The highest BCUT2D eigenvalue weighted by Gasteiger charge is 2.60. The molecule has 3 aliphatic carbocycles. The van der Waals surface area contributed by atoms with Gasteiger partial charge in [-0.15, -0.1) is 0 Å². The Labute approximate surface area is 166 Å². The average Bonchev–Trinajstić information content (AvgIpc) is 2.65. The second kappa shape index (κ2) is 6.09. The summed E-state index contributed by atoms with van der Waals surface area (Å²) in [6, 6.07) is 4.68. The molecule has 0 bridgehead atoms. The second-order valence-electron chi connectivity index (χ2n) is 8.01. The largest absolute Gasteiger partial charge is 0.507 e. The zero-order chi connectivity index (χ0) is 21.2. The summed E-state index contributed by atoms with van der Waals surface area (Å²) in [5.74, 6) is -4.55. The average molecular weight is 396 g/mol. The Balaban J connectivity index is 1.95. The molecule has 3 aliphatic rings. The number of carbonyl (C=O) groups is 2. The number of nitriles is 1. The third-order valence-corrected chi connectivity index (χ3v) is 6.27. The number of rotatable bonds is 1. The smallest absolute Gasteiger partial charge is 0.202 e. The molecule has 0 heterocycles. The first-order valence-electron chi connectivity index (χ1n) is 9.22. The number of hydrogen-bond acceptors (Lipinski definition) is 8. The molecule has 0 amide bonds. The summed E-state index contributed by atoms with van der Waals surface area (Å²) in [6.07, 6.45) is 0.240. The molecule has 1 aromatic rings. The summed E-state index contributed by atoms with van der Waals surface area (Å²) in [5.41, 5.74) is -1.62. The summed E-state index contributed by atoms with van der Waals surface area (Å²) >= 11 is 0. The number of benzene rings is 1. The molecular weight excluding hydrogens is 376 g/mol. The number of carbonyl (C=O) groups excluding carboxylic acids is 2. The predicted molar refractivity (Wildman–Crippen MR) is 102 cm³/mol. The molecule has 0 spiro atoms. The first-order chi connectivity index (χ1) is 13.6. The maximum atomic E-state index is 13.3. The summed E-state index contributed by atoms with van der Waals surface area (Å²) in [5, 5.41) is 51.9. The van der Waals surface area contributed by atoms with Gasteiger partial charge in [0.1, 0.15) is 23.2 Å². The number of aliphatic hydroxyl groups excluding tert-OH is 2. The molecule has 4 N–H and O–H groups in total. The first-order valence-corrected chi connectivity index (χ1v) is 9.22. The van der Waals surface area contributed by atoms with E-state index in [1.54, 1.807) is 12.1 Å². The number of nitrogens with zero attached hydrogens (tertiary/aromatic N) is 2. The van der Waals surface area contributed by atoms with E-state index in [0.29, 0.717) is 12.0 Å². The van der Waals surface area contributed by atoms with E-state index in [1.165, 1.54) is 6.07 Å². The molecule has 0 aromatic heterocycles. The number of aromatic hydroxyl groups is 1. The summed E-state index contributed by atoms with van der Waals surface area (Å²) in [4.78, 5) is 27.3. The molecule has 8 heteroatoms. The van der Waals surface area contributed by atoms with E-state index >= 15 is 0 Å². The van der Waals surface area contributed by atoms with Crippen LogP contribution in [0.1, 0.15) is 24.0 Å². The molecule has 0 radical (unpaired) electrons. The van der Waals surface area contributed by atoms with Crippen LogP contribution in [-0.2, 0) is 16.0 Å². The van der Waals surface area contributed by atoms with Crippen LogP contribution in [0, 0.1) is 23.2 Å². The molecule has 4 rings (SSSR count). The van der Waals surface area contributed by atoms with Crippen LogP contribution in [0.25, 0.3) is 5.76 Å². The van der Waals surface area contributed by atoms with E-state index in [-0.39, 0.29) is 29.7 Å². The van der Waals surface area contributed by atoms with Crippen molar-refractivity contribution < 1.29 is 30.0 Å². The predicted octanol–water partition coefficient (Wildman–Crippen LogP) is 1.53. The van der Waals surface area contributed by atoms with Gasteiger partial charge in [0.15, 0.2) is 17.1 Å². The minimum atomic E-state index is -2.44. The Hall–Kier alpha value is -3.31. The van der Waals surface area contributed by atoms with Gasteiger partial charge in [0, 0.05) is 37.7 Å². The quantitative estimate of drug-likeness (QED) is 0.560. The standard InChI is InChI=1S/C21H20N2O6/c1-23(2)13-3-4-14(24)17-11(13)6-9-5-10-7-15(25)12(8-22)19(27)21(10,29)20(28)16(9)18(17)26/h3-4,9-10,24,26-27,29H,5-7H2,1-2H3/t9-,10+,21-/m1/s1. The van der Waals surface area contributed by atoms with Crippen LogP contribution in [0.3, 0.4) is 0 Å². The lowest BCUT2D eigenvalue weighted by Crippen LogP contribution is -2.57. The SMILES string of the molecule is CN(C)c1ccc(O)c2c1C[C@H]1C[C@H]3CC(=O)C(C#N)=C(O)[C@@]3(O)C(=O)C1=C2O. The normalized spacial score (nSPS) is 28.5. The first kappa shape index (κ1) is 19.0. The van der Waals surface area contributed by atoms with Crippen LogP contribution >= 0.6 is 0 Å². The molecule has 1 aromatic carbocycles. The van der Waals surface area contributed by atoms with Crippen molar-refractivity contribution in [1.82, 2.24) is 0 Å². The van der Waals surface area contributed by atoms with E-state index in [1.807, 2.05) is 19.0 Å². The maximum absolute atomic E-state index is 13.3. The minimum absolute atomic E-state index is 0.0966. The van der Waals surface area contributed by atoms with Gasteiger partial charge in [-0.25, -0.2) is 0 Å². The molecular formula is C21H20N2O6. The van der Waals surface area contributed by atoms with Crippen molar-refractivity contribution in [2.24, 2.45) is 11.8 Å². The Kier molecular flexibility index (Phi) is 4.00. The molecule has 0 unspecified atom stereocenters. The lowest BCUT2D eigenvalue weighted by atomic mass is 9.59. The van der Waals surface area contributed by atoms with Crippen molar-refractivity contribution >= 4 is 23.0 Å². The van der Waals surface area contributed by atoms with E-state index in [4.69, 9.17) is 5.26 Å². The van der Waals surface area contributed by atoms with Crippen LogP contribution in [0.5, 0.6) is 5.75 Å². The van der Waals surface area contributed by atoms with Gasteiger partial charge >= 0.3 is 0 Å². The Morgan fingerprint density at radius 2 is 1.86 bits per heavy atom. The van der Waals surface area contributed by atoms with Gasteiger partial charge in [0.05, 0.1) is 5.56 Å². The fraction of sp³-hybridized carbons (Fsp3) is 0.381. The van der Waals surface area contributed by atoms with Crippen LogP contribution in [0.15, 0.2) is 29.0 Å². The van der Waals surface area contributed by atoms with E-state index < -0.39 is 46.1 Å². The fourth-order valence-corrected chi connectivity index (χ4v) is 4.89. The van der Waals surface area contributed by atoms with Crippen LogP contribution in [0.4, 0.5) is 5.69 Å². The van der Waals surface area contributed by atoms with Crippen LogP contribution < -0.4 is 4.90 Å². The molecule has 150 valence electrons. The number of ketones is 2. The van der Waals surface area contributed by atoms with Crippen molar-refractivity contribution in [3.8, 4) is 11.8 Å². The monoisotopic (exact) mass is 396 g/mol. The second-order valence-corrected chi connectivity index (χ2v) is 8.01. The zero-order valence-corrected chi connectivity index (χ0v) is 15.9. The summed E-state index contributed by atoms with van der Waals surface area (Å²) < 4.78 is 0. The topological polar surface area (TPSA) is 142 Å². The van der Waals surface area contributed by atoms with Gasteiger partial charge in [0.25, 0.3) is 0 Å². The lowest BCUT2D eigenvalue weighted by Gasteiger charge is -2.46. The third kappa shape index (κ3) is 2.34. The molecule has 3 atom stereocenters. The highest BCUT2D eigenvalue weighted by Crippen LogP contribution is 2.52. The van der Waals surface area contributed by atoms with E-state index in [0.717, 1.165) is 5.69 Å². The minimum Gasteiger partial charge on any atom is -0.507 e. The van der Waals surface area contributed by atoms with Crippen molar-refractivity contribution in [3.05, 3.63) is 40.2 Å². The Morgan fingerprint density at radius 3 is 2.48 bits per heavy atom. The van der Waals surface area contributed by atoms with Crippen molar-refractivity contribution in [2.45, 2.75) is 24.9 Å². The van der Waals surface area contributed by atoms with Gasteiger partial charge in [-0.1, -0.05) is 0 Å². The van der Waals surface area contributed by atoms with Crippen molar-refractivity contribution in [3.63, 3.8) is 0 Å². The van der Waals surface area contributed by atoms with Crippen molar-refractivity contribution in [2.75, 3.05) is 19.0 Å². The Bertz CT molecular complexity index is 1080. The zero-order valence-electron chi connectivity index (χ0n) is 15.9. The summed E-state index contributed by atoms with van der Waals surface area (Å²) in [7, 11) is 3.64. The highest BCUT2D eigenvalue weighted by atomic mass is 16.3. The number of hydrogen-bond donors (Lipinski definition) is 4. The third-order valence-electron chi connectivity index (χ3n) is 6.27. The van der Waals surface area contributed by atoms with E-state index in [2.05, 4.69) is 0 Å². The van der Waals surface area contributed by atoms with Crippen LogP contribution in [0.2, 0.25) is 0 Å². The molecule has 0 aliphatic heterocycles. The van der Waals surface area contributed by atoms with Gasteiger partial charge in [-0.2, -0.15) is 5.26 Å². The van der Waals surface area contributed by atoms with E-state index in [9.17, 15) is 30.0 Å². The van der Waals surface area contributed by atoms with Gasteiger partial charge in [-0.3, -0.25) is 9.59 Å². The summed E-state index contributed by atoms with van der Waals surface area (Å²) in [6.45, 7) is 0. The van der Waals surface area contributed by atoms with Gasteiger partial charge in [0.2, 0.25) is 5.78 Å². The number of Topliss-reactive ketones (excluding diaryl/α,β-unsaturated/α-hetero) is 2. The van der Waals surface area contributed by atoms with Gasteiger partial charge < -0.3 is 25.3 Å². The van der Waals surface area contributed by atoms with Crippen LogP contribution in [-0.4, -0.2) is 51.7 Å². The number of aliphatic hydroxyl groups is 3. The Morgan fingerprint density at radius 1 is 1.17 bits per heavy atom.